The molecular weight excluding hydrogens is 372 g/mol. The number of benzene rings is 2. The van der Waals surface area contributed by atoms with E-state index in [1.807, 2.05) is 48.0 Å². The number of hydrogen-bond acceptors (Lipinski definition) is 4. The Hall–Kier alpha value is -2.06. The van der Waals surface area contributed by atoms with Gasteiger partial charge in [0.25, 0.3) is 0 Å². The number of nitrogens with zero attached hydrogens (tertiary/aromatic N) is 2. The summed E-state index contributed by atoms with van der Waals surface area (Å²) in [5, 5.41) is 17.1. The van der Waals surface area contributed by atoms with Crippen LogP contribution in [0.1, 0.15) is 12.0 Å². The van der Waals surface area contributed by atoms with Crippen LogP contribution in [0.2, 0.25) is 0 Å². The van der Waals surface area contributed by atoms with Crippen LogP contribution >= 0.6 is 25.9 Å². The van der Waals surface area contributed by atoms with E-state index in [2.05, 4.69) is 16.5 Å². The summed E-state index contributed by atoms with van der Waals surface area (Å²) in [7, 11) is 0. The summed E-state index contributed by atoms with van der Waals surface area (Å²) >= 11 is 0. The molecule has 0 aliphatic rings. The molecule has 3 aromatic rings. The van der Waals surface area contributed by atoms with Crippen LogP contribution in [0.3, 0.4) is 0 Å². The van der Waals surface area contributed by atoms with Gasteiger partial charge in [0.15, 0.2) is 0 Å². The van der Waals surface area contributed by atoms with E-state index in [0.717, 1.165) is 22.2 Å². The van der Waals surface area contributed by atoms with Gasteiger partial charge < -0.3 is 16.2 Å². The monoisotopic (exact) mass is 394 g/mol. The first-order valence-electron chi connectivity index (χ1n) is 7.80. The summed E-state index contributed by atoms with van der Waals surface area (Å²) in [6, 6.07) is 12.9. The lowest BCUT2D eigenvalue weighted by atomic mass is 10.2. The van der Waals surface area contributed by atoms with Crippen molar-refractivity contribution in [1.82, 2.24) is 9.78 Å². The topological polar surface area (TPSA) is 93.2 Å². The fourth-order valence-electron chi connectivity index (χ4n) is 2.57. The quantitative estimate of drug-likeness (QED) is 0.619. The molecule has 140 valence electrons. The number of rotatable bonds is 5. The van der Waals surface area contributed by atoms with Crippen LogP contribution in [0.25, 0.3) is 16.6 Å². The SMILES string of the molecule is Cc1cccc(-n2ncc3ccc(NC(=O)[C@@H](N)CCO)cc32)c1.Cl.S. The van der Waals surface area contributed by atoms with Gasteiger partial charge in [0.1, 0.15) is 0 Å². The molecule has 8 heteroatoms. The number of nitrogens with one attached hydrogen (secondary N) is 1. The third-order valence-corrected chi connectivity index (χ3v) is 3.86. The number of nitrogens with two attached hydrogens (primary N) is 1. The molecule has 6 nitrogen and oxygen atoms in total. The lowest BCUT2D eigenvalue weighted by Crippen LogP contribution is -2.36. The van der Waals surface area contributed by atoms with Gasteiger partial charge in [-0.1, -0.05) is 12.1 Å². The molecule has 2 aromatic carbocycles. The lowest BCUT2D eigenvalue weighted by molar-refractivity contribution is -0.117. The van der Waals surface area contributed by atoms with Gasteiger partial charge in [-0.2, -0.15) is 18.6 Å². The van der Waals surface area contributed by atoms with E-state index in [0.29, 0.717) is 5.69 Å². The zero-order valence-electron chi connectivity index (χ0n) is 14.3. The Morgan fingerprint density at radius 1 is 1.31 bits per heavy atom. The van der Waals surface area contributed by atoms with Crippen molar-refractivity contribution in [3.05, 3.63) is 54.2 Å². The number of carbonyl (C=O) groups is 1. The van der Waals surface area contributed by atoms with E-state index >= 15 is 0 Å². The van der Waals surface area contributed by atoms with E-state index in [9.17, 15) is 4.79 Å². The fourth-order valence-corrected chi connectivity index (χ4v) is 2.57. The van der Waals surface area contributed by atoms with Crippen molar-refractivity contribution in [2.45, 2.75) is 19.4 Å². The number of anilines is 1. The summed E-state index contributed by atoms with van der Waals surface area (Å²) in [5.41, 5.74) is 9.37. The summed E-state index contributed by atoms with van der Waals surface area (Å²) in [6.07, 6.45) is 2.02. The summed E-state index contributed by atoms with van der Waals surface area (Å²) in [6.45, 7) is 1.91. The predicted molar refractivity (Wildman–Crippen MR) is 112 cm³/mol. The number of aromatic nitrogens is 2. The van der Waals surface area contributed by atoms with Crippen LogP contribution in [0.5, 0.6) is 0 Å². The van der Waals surface area contributed by atoms with Crippen LogP contribution in [-0.4, -0.2) is 33.4 Å². The first-order chi connectivity index (χ1) is 11.6. The molecule has 0 saturated carbocycles. The molecule has 3 rings (SSSR count). The normalized spacial score (nSPS) is 11.3. The molecule has 1 amide bonds. The molecule has 0 saturated heterocycles. The molecule has 4 N–H and O–H groups in total. The maximum absolute atomic E-state index is 12.0. The third kappa shape index (κ3) is 4.76. The Morgan fingerprint density at radius 3 is 2.77 bits per heavy atom. The number of carbonyl (C=O) groups excluding carboxylic acids is 1. The zero-order valence-corrected chi connectivity index (χ0v) is 16.2. The van der Waals surface area contributed by atoms with Crippen molar-refractivity contribution in [3.8, 4) is 5.69 Å². The largest absolute Gasteiger partial charge is 0.396 e. The second kappa shape index (κ2) is 9.59. The van der Waals surface area contributed by atoms with Gasteiger partial charge >= 0.3 is 0 Å². The number of fused-ring (bicyclic) bond motifs is 1. The van der Waals surface area contributed by atoms with Crippen LogP contribution in [0.15, 0.2) is 48.7 Å². The second-order valence-corrected chi connectivity index (χ2v) is 5.78. The molecule has 1 atom stereocenters. The maximum atomic E-state index is 12.0. The number of aliphatic hydroxyl groups is 1. The van der Waals surface area contributed by atoms with Crippen molar-refractivity contribution in [3.63, 3.8) is 0 Å². The second-order valence-electron chi connectivity index (χ2n) is 5.78. The Bertz CT molecular complexity index is 885. The highest BCUT2D eigenvalue weighted by atomic mass is 35.5. The van der Waals surface area contributed by atoms with E-state index in [4.69, 9.17) is 10.8 Å². The average Bonchev–Trinajstić information content (AvgIpc) is 2.98. The zero-order chi connectivity index (χ0) is 17.1. The Balaban J connectivity index is 0.00000169. The standard InChI is InChI=1S/C18H20N4O2.ClH.H2S/c1-12-3-2-4-15(9-12)22-17-10-14(6-5-13(17)11-20-22)21-18(24)16(19)7-8-23;;/h2-6,9-11,16,23H,7-8,19H2,1H3,(H,21,24);1H;1H2/t16-;;/m0../s1. The summed E-state index contributed by atoms with van der Waals surface area (Å²) in [4.78, 5) is 12.0. The van der Waals surface area contributed by atoms with Crippen LogP contribution in [0, 0.1) is 6.92 Å². The number of amides is 1. The van der Waals surface area contributed by atoms with Crippen molar-refractivity contribution in [1.29, 1.82) is 0 Å². The van der Waals surface area contributed by atoms with Crippen molar-refractivity contribution in [2.24, 2.45) is 5.73 Å². The van der Waals surface area contributed by atoms with Gasteiger partial charge in [0.05, 0.1) is 23.4 Å². The van der Waals surface area contributed by atoms with Crippen LogP contribution in [-0.2, 0) is 4.79 Å². The molecule has 1 heterocycles. The predicted octanol–water partition coefficient (Wildman–Crippen LogP) is 2.52. The molecular formula is C18H23ClN4O2S. The van der Waals surface area contributed by atoms with Crippen molar-refractivity contribution >= 4 is 48.4 Å². The van der Waals surface area contributed by atoms with E-state index in [-0.39, 0.29) is 44.8 Å². The Morgan fingerprint density at radius 2 is 2.08 bits per heavy atom. The van der Waals surface area contributed by atoms with Gasteiger partial charge in [0.2, 0.25) is 5.91 Å². The molecule has 0 fully saturated rings. The Kier molecular flexibility index (Phi) is 8.10. The van der Waals surface area contributed by atoms with Crippen molar-refractivity contribution < 1.29 is 9.90 Å². The maximum Gasteiger partial charge on any atom is 0.241 e. The van der Waals surface area contributed by atoms with Crippen LogP contribution in [0.4, 0.5) is 5.69 Å². The molecule has 0 bridgehead atoms. The highest BCUT2D eigenvalue weighted by Gasteiger charge is 2.13. The highest BCUT2D eigenvalue weighted by molar-refractivity contribution is 7.59. The molecule has 0 aliphatic carbocycles. The molecule has 0 aliphatic heterocycles. The molecule has 0 spiro atoms. The lowest BCUT2D eigenvalue weighted by Gasteiger charge is -2.11. The number of aliphatic hydroxyl groups excluding tert-OH is 1. The van der Waals surface area contributed by atoms with Gasteiger partial charge in [0, 0.05) is 17.7 Å². The minimum atomic E-state index is -0.729. The van der Waals surface area contributed by atoms with Gasteiger partial charge in [-0.15, -0.1) is 12.4 Å². The summed E-state index contributed by atoms with van der Waals surface area (Å²) < 4.78 is 1.84. The van der Waals surface area contributed by atoms with Gasteiger partial charge in [-0.25, -0.2) is 4.68 Å². The van der Waals surface area contributed by atoms with Crippen LogP contribution < -0.4 is 11.1 Å². The molecule has 0 unspecified atom stereocenters. The minimum absolute atomic E-state index is 0. The van der Waals surface area contributed by atoms with Gasteiger partial charge in [-0.05, 0) is 49.2 Å². The number of halogens is 1. The smallest absolute Gasteiger partial charge is 0.241 e. The van der Waals surface area contributed by atoms with E-state index in [1.165, 1.54) is 0 Å². The van der Waals surface area contributed by atoms with E-state index < -0.39 is 6.04 Å². The first kappa shape index (κ1) is 22.0. The Labute approximate surface area is 165 Å². The number of aryl methyl sites for hydroxylation is 1. The third-order valence-electron chi connectivity index (χ3n) is 3.86. The molecule has 1 aromatic heterocycles. The van der Waals surface area contributed by atoms with Gasteiger partial charge in [-0.3, -0.25) is 4.79 Å². The van der Waals surface area contributed by atoms with Crippen molar-refractivity contribution in [2.75, 3.05) is 11.9 Å². The number of hydrogen-bond donors (Lipinski definition) is 3. The molecule has 0 radical (unpaired) electrons. The summed E-state index contributed by atoms with van der Waals surface area (Å²) in [5.74, 6) is -0.315. The highest BCUT2D eigenvalue weighted by Crippen LogP contribution is 2.22. The fraction of sp³-hybridized carbons (Fsp3) is 0.222. The average molecular weight is 395 g/mol. The molecule has 26 heavy (non-hydrogen) atoms. The van der Waals surface area contributed by atoms with E-state index in [1.54, 1.807) is 6.20 Å². The first-order valence-corrected chi connectivity index (χ1v) is 7.80. The minimum Gasteiger partial charge on any atom is -0.396 e.